The predicted octanol–water partition coefficient (Wildman–Crippen LogP) is 2.72. The molecule has 1 atom stereocenters. The maximum absolute atomic E-state index is 6.16. The number of rotatable bonds is 3. The van der Waals surface area contributed by atoms with Gasteiger partial charge >= 0.3 is 6.01 Å². The first-order valence-corrected chi connectivity index (χ1v) is 7.82. The van der Waals surface area contributed by atoms with Crippen molar-refractivity contribution in [2.45, 2.75) is 32.4 Å². The second-order valence-electron chi connectivity index (χ2n) is 5.54. The van der Waals surface area contributed by atoms with E-state index in [1.165, 1.54) is 0 Å². The maximum Gasteiger partial charge on any atom is 0.322 e. The number of benzene rings is 1. The standard InChI is InChI=1S/C15H15ClN6O/c1-9-17-13-7-6-10(8-22(13)20-9)18-15-19-14(21-23-15)11-4-2-3-5-12(11)16/h2-5,10H,6-8H2,1H3,(H,18,19,21). The van der Waals surface area contributed by atoms with Crippen LogP contribution in [0.5, 0.6) is 0 Å². The molecular formula is C15H15ClN6O. The fourth-order valence-corrected chi connectivity index (χ4v) is 2.98. The Bertz CT molecular complexity index is 842. The summed E-state index contributed by atoms with van der Waals surface area (Å²) in [7, 11) is 0. The van der Waals surface area contributed by atoms with Gasteiger partial charge in [-0.3, -0.25) is 0 Å². The number of hydrogen-bond donors (Lipinski definition) is 1. The molecule has 8 heteroatoms. The Hall–Kier alpha value is -2.41. The Kier molecular flexibility index (Phi) is 3.49. The summed E-state index contributed by atoms with van der Waals surface area (Å²) in [6.45, 7) is 2.64. The number of anilines is 1. The number of nitrogens with zero attached hydrogens (tertiary/aromatic N) is 5. The molecule has 0 saturated carbocycles. The van der Waals surface area contributed by atoms with Crippen LogP contribution in [0.3, 0.4) is 0 Å². The van der Waals surface area contributed by atoms with Gasteiger partial charge in [-0.1, -0.05) is 28.9 Å². The van der Waals surface area contributed by atoms with Crippen LogP contribution in [-0.4, -0.2) is 30.9 Å². The lowest BCUT2D eigenvalue weighted by atomic mass is 10.1. The second kappa shape index (κ2) is 5.66. The van der Waals surface area contributed by atoms with Gasteiger partial charge in [-0.05, 0) is 25.5 Å². The predicted molar refractivity (Wildman–Crippen MR) is 85.2 cm³/mol. The summed E-state index contributed by atoms with van der Waals surface area (Å²) in [4.78, 5) is 8.78. The molecule has 3 heterocycles. The Morgan fingerprint density at radius 2 is 2.17 bits per heavy atom. The molecule has 1 N–H and O–H groups in total. The molecule has 0 bridgehead atoms. The summed E-state index contributed by atoms with van der Waals surface area (Å²) in [5.41, 5.74) is 0.754. The largest absolute Gasteiger partial charge is 0.333 e. The fourth-order valence-electron chi connectivity index (χ4n) is 2.76. The number of fused-ring (bicyclic) bond motifs is 1. The zero-order chi connectivity index (χ0) is 15.8. The molecular weight excluding hydrogens is 316 g/mol. The van der Waals surface area contributed by atoms with E-state index in [4.69, 9.17) is 16.1 Å². The Labute approximate surface area is 137 Å². The first-order valence-electron chi connectivity index (χ1n) is 7.44. The SMILES string of the molecule is Cc1nc2n(n1)CC(Nc1nc(-c3ccccc3Cl)no1)CC2. The van der Waals surface area contributed by atoms with Gasteiger partial charge in [-0.2, -0.15) is 10.1 Å². The van der Waals surface area contributed by atoms with Crippen molar-refractivity contribution in [3.05, 3.63) is 40.9 Å². The molecule has 1 aliphatic rings. The van der Waals surface area contributed by atoms with E-state index >= 15 is 0 Å². The van der Waals surface area contributed by atoms with Crippen LogP contribution >= 0.6 is 11.6 Å². The van der Waals surface area contributed by atoms with Crippen LogP contribution in [0.25, 0.3) is 11.4 Å². The molecule has 0 saturated heterocycles. The molecule has 0 spiro atoms. The highest BCUT2D eigenvalue weighted by atomic mass is 35.5. The molecule has 4 rings (SSSR count). The van der Waals surface area contributed by atoms with Crippen molar-refractivity contribution in [2.75, 3.05) is 5.32 Å². The van der Waals surface area contributed by atoms with Crippen LogP contribution in [0.15, 0.2) is 28.8 Å². The summed E-state index contributed by atoms with van der Waals surface area (Å²) < 4.78 is 7.23. The first-order chi connectivity index (χ1) is 11.2. The molecule has 1 aliphatic heterocycles. The van der Waals surface area contributed by atoms with E-state index in [0.717, 1.165) is 36.6 Å². The van der Waals surface area contributed by atoms with Gasteiger partial charge in [0.2, 0.25) is 5.82 Å². The van der Waals surface area contributed by atoms with Gasteiger partial charge in [-0.25, -0.2) is 9.67 Å². The van der Waals surface area contributed by atoms with Crippen molar-refractivity contribution in [3.8, 4) is 11.4 Å². The van der Waals surface area contributed by atoms with Gasteiger partial charge < -0.3 is 9.84 Å². The third-order valence-corrected chi connectivity index (χ3v) is 4.16. The summed E-state index contributed by atoms with van der Waals surface area (Å²) in [6.07, 6.45) is 1.83. The molecule has 118 valence electrons. The highest BCUT2D eigenvalue weighted by Crippen LogP contribution is 2.26. The summed E-state index contributed by atoms with van der Waals surface area (Å²) >= 11 is 6.16. The van der Waals surface area contributed by atoms with Crippen LogP contribution in [0.4, 0.5) is 6.01 Å². The number of aryl methyl sites for hydroxylation is 2. The number of hydrogen-bond acceptors (Lipinski definition) is 6. The third-order valence-electron chi connectivity index (χ3n) is 3.83. The minimum atomic E-state index is 0.183. The van der Waals surface area contributed by atoms with Crippen molar-refractivity contribution in [1.82, 2.24) is 24.9 Å². The minimum Gasteiger partial charge on any atom is -0.333 e. The first kappa shape index (κ1) is 14.2. The normalized spacial score (nSPS) is 17.0. The van der Waals surface area contributed by atoms with Crippen LogP contribution in [0, 0.1) is 6.92 Å². The molecule has 0 amide bonds. The molecule has 23 heavy (non-hydrogen) atoms. The van der Waals surface area contributed by atoms with E-state index in [2.05, 4.69) is 25.5 Å². The molecule has 0 radical (unpaired) electrons. The highest BCUT2D eigenvalue weighted by Gasteiger charge is 2.22. The zero-order valence-electron chi connectivity index (χ0n) is 12.5. The van der Waals surface area contributed by atoms with Crippen molar-refractivity contribution in [2.24, 2.45) is 0 Å². The van der Waals surface area contributed by atoms with Crippen LogP contribution < -0.4 is 5.32 Å². The minimum absolute atomic E-state index is 0.183. The fraction of sp³-hybridized carbons (Fsp3) is 0.333. The van der Waals surface area contributed by atoms with Gasteiger partial charge in [-0.15, -0.1) is 0 Å². The Morgan fingerprint density at radius 3 is 3.04 bits per heavy atom. The number of halogens is 1. The molecule has 1 aromatic carbocycles. The number of nitrogens with one attached hydrogen (secondary N) is 1. The molecule has 0 aliphatic carbocycles. The van der Waals surface area contributed by atoms with Gasteiger partial charge in [0, 0.05) is 12.0 Å². The average molecular weight is 331 g/mol. The zero-order valence-corrected chi connectivity index (χ0v) is 13.3. The molecule has 0 fully saturated rings. The van der Waals surface area contributed by atoms with Gasteiger partial charge in [0.15, 0.2) is 0 Å². The van der Waals surface area contributed by atoms with Crippen molar-refractivity contribution in [3.63, 3.8) is 0 Å². The Balaban J connectivity index is 1.50. The lowest BCUT2D eigenvalue weighted by Gasteiger charge is -2.22. The van der Waals surface area contributed by atoms with E-state index in [-0.39, 0.29) is 6.04 Å². The van der Waals surface area contributed by atoms with Gasteiger partial charge in [0.25, 0.3) is 0 Å². The summed E-state index contributed by atoms with van der Waals surface area (Å²) in [6, 6.07) is 8.00. The molecule has 2 aromatic heterocycles. The van der Waals surface area contributed by atoms with E-state index in [1.54, 1.807) is 6.07 Å². The molecule has 1 unspecified atom stereocenters. The molecule has 7 nitrogen and oxygen atoms in total. The van der Waals surface area contributed by atoms with E-state index in [0.29, 0.717) is 16.9 Å². The summed E-state index contributed by atoms with van der Waals surface area (Å²) in [5.74, 6) is 2.31. The van der Waals surface area contributed by atoms with E-state index in [1.807, 2.05) is 29.8 Å². The van der Waals surface area contributed by atoms with E-state index in [9.17, 15) is 0 Å². The average Bonchev–Trinajstić information content (AvgIpc) is 3.13. The second-order valence-corrected chi connectivity index (χ2v) is 5.95. The smallest absolute Gasteiger partial charge is 0.322 e. The van der Waals surface area contributed by atoms with Gasteiger partial charge in [0.1, 0.15) is 11.6 Å². The van der Waals surface area contributed by atoms with Gasteiger partial charge in [0.05, 0.1) is 17.6 Å². The van der Waals surface area contributed by atoms with E-state index < -0.39 is 0 Å². The Morgan fingerprint density at radius 1 is 1.30 bits per heavy atom. The lowest BCUT2D eigenvalue weighted by molar-refractivity contribution is 0.400. The maximum atomic E-state index is 6.16. The number of aromatic nitrogens is 5. The van der Waals surface area contributed by atoms with Crippen molar-refractivity contribution in [1.29, 1.82) is 0 Å². The van der Waals surface area contributed by atoms with Crippen LogP contribution in [0.1, 0.15) is 18.1 Å². The van der Waals surface area contributed by atoms with Crippen LogP contribution in [0.2, 0.25) is 5.02 Å². The lowest BCUT2D eigenvalue weighted by Crippen LogP contribution is -2.32. The quantitative estimate of drug-likeness (QED) is 0.795. The monoisotopic (exact) mass is 330 g/mol. The third kappa shape index (κ3) is 2.79. The highest BCUT2D eigenvalue weighted by molar-refractivity contribution is 6.33. The summed E-state index contributed by atoms with van der Waals surface area (Å²) in [5, 5.41) is 12.2. The van der Waals surface area contributed by atoms with Crippen molar-refractivity contribution < 1.29 is 4.52 Å². The topological polar surface area (TPSA) is 81.7 Å². The van der Waals surface area contributed by atoms with Crippen LogP contribution in [-0.2, 0) is 13.0 Å². The molecule has 3 aromatic rings. The van der Waals surface area contributed by atoms with Crippen molar-refractivity contribution >= 4 is 17.6 Å².